The Bertz CT molecular complexity index is 590. The molecule has 14 heavy (non-hydrogen) atoms. The van der Waals surface area contributed by atoms with E-state index in [-0.39, 0.29) is 16.4 Å². The number of nitrogen functional groups attached to an aromatic ring is 1. The minimum atomic E-state index is -3.82. The maximum Gasteiger partial charge on any atom is 0.293 e. The molecule has 0 saturated carbocycles. The van der Waals surface area contributed by atoms with Crippen molar-refractivity contribution in [1.82, 2.24) is 4.98 Å². The van der Waals surface area contributed by atoms with Gasteiger partial charge in [-0.05, 0) is 12.1 Å². The summed E-state index contributed by atoms with van der Waals surface area (Å²) in [7, 11) is 1.37. The molecule has 2 rings (SSSR count). The predicted octanol–water partition coefficient (Wildman–Crippen LogP) is 1.34. The van der Waals surface area contributed by atoms with Crippen LogP contribution < -0.4 is 5.73 Å². The van der Waals surface area contributed by atoms with Crippen LogP contribution in [0.25, 0.3) is 11.1 Å². The second kappa shape index (κ2) is 2.86. The standard InChI is InChI=1S/C7H5ClN2O3S/c8-14(11,12)5-3-1-2-4-6(5)10-7(9)13-4/h1-3H,(H2,9,10). The van der Waals surface area contributed by atoms with Crippen LogP contribution in [0.4, 0.5) is 6.01 Å². The maximum atomic E-state index is 11.1. The molecule has 74 valence electrons. The van der Waals surface area contributed by atoms with Gasteiger partial charge in [-0.2, -0.15) is 4.98 Å². The van der Waals surface area contributed by atoms with Crippen molar-refractivity contribution in [2.45, 2.75) is 4.90 Å². The molecule has 2 aromatic rings. The van der Waals surface area contributed by atoms with Crippen LogP contribution >= 0.6 is 10.7 Å². The highest BCUT2D eigenvalue weighted by Gasteiger charge is 2.17. The van der Waals surface area contributed by atoms with Gasteiger partial charge in [0.2, 0.25) is 0 Å². The lowest BCUT2D eigenvalue weighted by Gasteiger charge is -1.94. The summed E-state index contributed by atoms with van der Waals surface area (Å²) in [6.45, 7) is 0. The van der Waals surface area contributed by atoms with E-state index in [1.54, 1.807) is 6.07 Å². The lowest BCUT2D eigenvalue weighted by molar-refractivity contribution is 0.609. The van der Waals surface area contributed by atoms with Crippen LogP contribution in [0.15, 0.2) is 27.5 Å². The highest BCUT2D eigenvalue weighted by molar-refractivity contribution is 8.14. The number of benzene rings is 1. The number of anilines is 1. The number of para-hydroxylation sites is 1. The second-order valence-electron chi connectivity index (χ2n) is 2.59. The minimum absolute atomic E-state index is 0.0900. The molecular formula is C7H5ClN2O3S. The zero-order chi connectivity index (χ0) is 10.3. The first-order valence-electron chi connectivity index (χ1n) is 3.58. The summed E-state index contributed by atoms with van der Waals surface area (Å²) in [6, 6.07) is 4.31. The van der Waals surface area contributed by atoms with E-state index in [0.717, 1.165) is 0 Å². The van der Waals surface area contributed by atoms with Crippen LogP contribution in [0.2, 0.25) is 0 Å². The highest BCUT2D eigenvalue weighted by atomic mass is 35.7. The number of aromatic nitrogens is 1. The summed E-state index contributed by atoms with van der Waals surface area (Å²) < 4.78 is 27.1. The molecule has 0 fully saturated rings. The molecule has 0 aliphatic carbocycles. The third-order valence-corrected chi connectivity index (χ3v) is 3.01. The molecule has 0 amide bonds. The first-order chi connectivity index (χ1) is 6.48. The van der Waals surface area contributed by atoms with Gasteiger partial charge in [-0.3, -0.25) is 0 Å². The number of nitrogens with zero attached hydrogens (tertiary/aromatic N) is 1. The molecule has 2 N–H and O–H groups in total. The third-order valence-electron chi connectivity index (χ3n) is 1.66. The van der Waals surface area contributed by atoms with Crippen molar-refractivity contribution in [1.29, 1.82) is 0 Å². The van der Waals surface area contributed by atoms with Crippen LogP contribution in [0.5, 0.6) is 0 Å². The SMILES string of the molecule is Nc1nc2c(S(=O)(=O)Cl)cccc2o1. The number of halogens is 1. The number of hydrogen-bond acceptors (Lipinski definition) is 5. The zero-order valence-corrected chi connectivity index (χ0v) is 8.34. The van der Waals surface area contributed by atoms with E-state index < -0.39 is 9.05 Å². The van der Waals surface area contributed by atoms with E-state index >= 15 is 0 Å². The minimum Gasteiger partial charge on any atom is -0.424 e. The lowest BCUT2D eigenvalue weighted by atomic mass is 10.3. The van der Waals surface area contributed by atoms with Gasteiger partial charge in [-0.15, -0.1) is 0 Å². The fraction of sp³-hybridized carbons (Fsp3) is 0. The van der Waals surface area contributed by atoms with Crippen LogP contribution in [-0.4, -0.2) is 13.4 Å². The summed E-state index contributed by atoms with van der Waals surface area (Å²) in [5.41, 5.74) is 5.74. The summed E-state index contributed by atoms with van der Waals surface area (Å²) in [6.07, 6.45) is 0. The summed E-state index contributed by atoms with van der Waals surface area (Å²) in [5, 5.41) is 0. The molecule has 0 saturated heterocycles. The fourth-order valence-electron chi connectivity index (χ4n) is 1.14. The van der Waals surface area contributed by atoms with Gasteiger partial charge in [-0.25, -0.2) is 8.42 Å². The molecule has 0 radical (unpaired) electrons. The average Bonchev–Trinajstić information content (AvgIpc) is 2.41. The summed E-state index contributed by atoms with van der Waals surface area (Å²) in [5.74, 6) is 0. The third kappa shape index (κ3) is 1.42. The Labute approximate surface area is 83.9 Å². The Morgan fingerprint density at radius 1 is 1.43 bits per heavy atom. The lowest BCUT2D eigenvalue weighted by Crippen LogP contribution is -1.91. The van der Waals surface area contributed by atoms with Gasteiger partial charge in [0.05, 0.1) is 0 Å². The molecule has 0 bridgehead atoms. The first kappa shape index (κ1) is 9.29. The number of hydrogen-bond donors (Lipinski definition) is 1. The first-order valence-corrected chi connectivity index (χ1v) is 5.89. The molecule has 1 heterocycles. The number of nitrogens with two attached hydrogens (primary N) is 1. The van der Waals surface area contributed by atoms with Gasteiger partial charge in [0.1, 0.15) is 10.4 Å². The molecule has 1 aromatic heterocycles. The van der Waals surface area contributed by atoms with Crippen molar-refractivity contribution in [2.75, 3.05) is 5.73 Å². The average molecular weight is 233 g/mol. The molecule has 7 heteroatoms. The predicted molar refractivity (Wildman–Crippen MR) is 51.5 cm³/mol. The molecule has 5 nitrogen and oxygen atoms in total. The quantitative estimate of drug-likeness (QED) is 0.750. The van der Waals surface area contributed by atoms with E-state index in [2.05, 4.69) is 4.98 Å². The van der Waals surface area contributed by atoms with Crippen molar-refractivity contribution < 1.29 is 12.8 Å². The van der Waals surface area contributed by atoms with Gasteiger partial charge >= 0.3 is 0 Å². The highest BCUT2D eigenvalue weighted by Crippen LogP contribution is 2.26. The van der Waals surface area contributed by atoms with Crippen molar-refractivity contribution in [3.8, 4) is 0 Å². The molecule has 1 aromatic carbocycles. The van der Waals surface area contributed by atoms with Crippen LogP contribution in [0.3, 0.4) is 0 Å². The molecule has 0 aliphatic rings. The Hall–Kier alpha value is -1.27. The smallest absolute Gasteiger partial charge is 0.293 e. The topological polar surface area (TPSA) is 86.2 Å². The van der Waals surface area contributed by atoms with Gasteiger partial charge in [0.25, 0.3) is 15.1 Å². The van der Waals surface area contributed by atoms with Gasteiger partial charge in [-0.1, -0.05) is 6.07 Å². The number of fused-ring (bicyclic) bond motifs is 1. The van der Waals surface area contributed by atoms with Crippen LogP contribution in [-0.2, 0) is 9.05 Å². The van der Waals surface area contributed by atoms with E-state index in [9.17, 15) is 8.42 Å². The van der Waals surface area contributed by atoms with Gasteiger partial charge in [0.15, 0.2) is 5.58 Å². The van der Waals surface area contributed by atoms with Gasteiger partial charge in [0, 0.05) is 10.7 Å². The maximum absolute atomic E-state index is 11.1. The van der Waals surface area contributed by atoms with Gasteiger partial charge < -0.3 is 10.2 Å². The zero-order valence-electron chi connectivity index (χ0n) is 6.77. The Morgan fingerprint density at radius 2 is 2.14 bits per heavy atom. The molecule has 0 atom stereocenters. The second-order valence-corrected chi connectivity index (χ2v) is 5.13. The molecule has 0 aliphatic heterocycles. The number of oxazole rings is 1. The van der Waals surface area contributed by atoms with Crippen LogP contribution in [0, 0.1) is 0 Å². The Balaban J connectivity index is 2.90. The molecule has 0 spiro atoms. The van der Waals surface area contributed by atoms with Crippen molar-refractivity contribution in [3.05, 3.63) is 18.2 Å². The normalized spacial score (nSPS) is 12.1. The van der Waals surface area contributed by atoms with Crippen LogP contribution in [0.1, 0.15) is 0 Å². The Morgan fingerprint density at radius 3 is 2.79 bits per heavy atom. The largest absolute Gasteiger partial charge is 0.424 e. The van der Waals surface area contributed by atoms with E-state index in [1.165, 1.54) is 12.1 Å². The molecule has 0 unspecified atom stereocenters. The summed E-state index contributed by atoms with van der Waals surface area (Å²) >= 11 is 0. The number of rotatable bonds is 1. The molecular weight excluding hydrogens is 228 g/mol. The fourth-order valence-corrected chi connectivity index (χ4v) is 2.13. The van der Waals surface area contributed by atoms with Crippen molar-refractivity contribution >= 4 is 36.8 Å². The van der Waals surface area contributed by atoms with E-state index in [4.69, 9.17) is 20.8 Å². The van der Waals surface area contributed by atoms with Crippen molar-refractivity contribution in [2.24, 2.45) is 0 Å². The monoisotopic (exact) mass is 232 g/mol. The Kier molecular flexibility index (Phi) is 1.90. The van der Waals surface area contributed by atoms with Crippen molar-refractivity contribution in [3.63, 3.8) is 0 Å². The van der Waals surface area contributed by atoms with E-state index in [1.807, 2.05) is 0 Å². The summed E-state index contributed by atoms with van der Waals surface area (Å²) in [4.78, 5) is 3.63. The van der Waals surface area contributed by atoms with E-state index in [0.29, 0.717) is 5.58 Å².